The molecule has 2 rings (SSSR count). The fraction of sp³-hybridized carbons (Fsp3) is 0.520. The van der Waals surface area contributed by atoms with Crippen molar-refractivity contribution in [2.24, 2.45) is 0 Å². The molecular weight excluding hydrogens is 362 g/mol. The van der Waals surface area contributed by atoms with Crippen molar-refractivity contribution in [3.63, 3.8) is 0 Å². The van der Waals surface area contributed by atoms with Crippen molar-refractivity contribution in [1.82, 2.24) is 5.32 Å². The van der Waals surface area contributed by atoms with Gasteiger partial charge in [-0.2, -0.15) is 0 Å². The molecule has 4 nitrogen and oxygen atoms in total. The van der Waals surface area contributed by atoms with E-state index in [9.17, 15) is 10.2 Å². The average molecular weight is 400 g/mol. The van der Waals surface area contributed by atoms with Gasteiger partial charge in [-0.15, -0.1) is 0 Å². The molecule has 0 aliphatic heterocycles. The fourth-order valence-electron chi connectivity index (χ4n) is 3.51. The number of aryl methyl sites for hydroxylation is 1. The topological polar surface area (TPSA) is 61.7 Å². The molecule has 0 heterocycles. The number of benzene rings is 2. The first-order valence-electron chi connectivity index (χ1n) is 11.0. The average Bonchev–Trinajstić information content (AvgIpc) is 2.77. The number of aliphatic hydroxyl groups excluding tert-OH is 2. The van der Waals surface area contributed by atoms with Crippen LogP contribution in [0.4, 0.5) is 0 Å². The molecule has 0 spiro atoms. The van der Waals surface area contributed by atoms with Crippen molar-refractivity contribution in [1.29, 1.82) is 0 Å². The number of nitrogens with one attached hydrogen (secondary N) is 1. The van der Waals surface area contributed by atoms with Crippen LogP contribution >= 0.6 is 0 Å². The predicted octanol–water partition coefficient (Wildman–Crippen LogP) is 4.36. The van der Waals surface area contributed by atoms with Gasteiger partial charge in [-0.3, -0.25) is 0 Å². The van der Waals surface area contributed by atoms with Gasteiger partial charge in [-0.1, -0.05) is 61.4 Å². The van der Waals surface area contributed by atoms with Crippen molar-refractivity contribution in [3.05, 3.63) is 70.8 Å². The minimum atomic E-state index is 0.0110. The van der Waals surface area contributed by atoms with Gasteiger partial charge in [0, 0.05) is 19.8 Å². The zero-order chi connectivity index (χ0) is 20.6. The highest BCUT2D eigenvalue weighted by molar-refractivity contribution is 5.34. The molecule has 0 radical (unpaired) electrons. The second-order valence-corrected chi connectivity index (χ2v) is 7.52. The molecule has 0 aromatic heterocycles. The van der Waals surface area contributed by atoms with Crippen LogP contribution in [0.25, 0.3) is 0 Å². The van der Waals surface area contributed by atoms with E-state index in [-0.39, 0.29) is 13.2 Å². The van der Waals surface area contributed by atoms with Crippen LogP contribution < -0.4 is 5.32 Å². The van der Waals surface area contributed by atoms with Crippen LogP contribution in [0, 0.1) is 0 Å². The van der Waals surface area contributed by atoms with E-state index >= 15 is 0 Å². The number of ether oxygens (including phenoxy) is 1. The lowest BCUT2D eigenvalue weighted by Crippen LogP contribution is -2.17. The molecule has 2 aromatic rings. The number of rotatable bonds is 16. The first-order chi connectivity index (χ1) is 14.3. The Morgan fingerprint density at radius 2 is 1.34 bits per heavy atom. The lowest BCUT2D eigenvalue weighted by molar-refractivity contribution is 0.126. The summed E-state index contributed by atoms with van der Waals surface area (Å²) in [5.74, 6) is 0. The molecule has 0 amide bonds. The highest BCUT2D eigenvalue weighted by Crippen LogP contribution is 2.15. The number of hydrogen-bond acceptors (Lipinski definition) is 4. The smallest absolute Gasteiger partial charge is 0.0685 e. The maximum Gasteiger partial charge on any atom is 0.0685 e. The Labute approximate surface area is 175 Å². The molecule has 4 heteroatoms. The van der Waals surface area contributed by atoms with Gasteiger partial charge in [0.15, 0.2) is 0 Å². The Hall–Kier alpha value is -1.72. The Kier molecular flexibility index (Phi) is 12.3. The zero-order valence-electron chi connectivity index (χ0n) is 17.6. The molecule has 29 heavy (non-hydrogen) atoms. The lowest BCUT2D eigenvalue weighted by atomic mass is 10.0. The van der Waals surface area contributed by atoms with Crippen molar-refractivity contribution in [3.8, 4) is 0 Å². The van der Waals surface area contributed by atoms with Crippen molar-refractivity contribution in [2.75, 3.05) is 19.8 Å². The van der Waals surface area contributed by atoms with Gasteiger partial charge in [-0.05, 0) is 60.9 Å². The summed E-state index contributed by atoms with van der Waals surface area (Å²) in [6.07, 6.45) is 8.10. The van der Waals surface area contributed by atoms with E-state index < -0.39 is 0 Å². The summed E-state index contributed by atoms with van der Waals surface area (Å²) >= 11 is 0. The van der Waals surface area contributed by atoms with E-state index in [1.807, 2.05) is 18.2 Å². The van der Waals surface area contributed by atoms with Crippen LogP contribution in [-0.2, 0) is 30.9 Å². The quantitative estimate of drug-likeness (QED) is 0.367. The van der Waals surface area contributed by atoms with Crippen LogP contribution in [0.5, 0.6) is 0 Å². The van der Waals surface area contributed by atoms with Gasteiger partial charge >= 0.3 is 0 Å². The monoisotopic (exact) mass is 399 g/mol. The molecule has 160 valence electrons. The number of unbranched alkanes of at least 4 members (excludes halogenated alkanes) is 4. The summed E-state index contributed by atoms with van der Waals surface area (Å²) in [5.41, 5.74) is 4.22. The van der Waals surface area contributed by atoms with Crippen LogP contribution in [0.1, 0.15) is 60.8 Å². The highest BCUT2D eigenvalue weighted by Gasteiger charge is 2.06. The summed E-state index contributed by atoms with van der Waals surface area (Å²) in [4.78, 5) is 0. The Morgan fingerprint density at radius 3 is 2.03 bits per heavy atom. The Morgan fingerprint density at radius 1 is 0.690 bits per heavy atom. The first-order valence-corrected chi connectivity index (χ1v) is 11.0. The second-order valence-electron chi connectivity index (χ2n) is 7.52. The van der Waals surface area contributed by atoms with Gasteiger partial charge < -0.3 is 20.3 Å². The zero-order valence-corrected chi connectivity index (χ0v) is 17.6. The summed E-state index contributed by atoms with van der Waals surface area (Å²) in [7, 11) is 0. The maximum absolute atomic E-state index is 9.46. The molecule has 0 saturated heterocycles. The predicted molar refractivity (Wildman–Crippen MR) is 119 cm³/mol. The van der Waals surface area contributed by atoms with Gasteiger partial charge in [0.25, 0.3) is 0 Å². The van der Waals surface area contributed by atoms with Crippen LogP contribution in [0.15, 0.2) is 48.5 Å². The number of hydrogen-bond donors (Lipinski definition) is 3. The highest BCUT2D eigenvalue weighted by atomic mass is 16.5. The van der Waals surface area contributed by atoms with Crippen molar-refractivity contribution < 1.29 is 14.9 Å². The SMILES string of the molecule is OCc1cccc(CO)c1CNCCCCCCOCCCCc1ccccc1. The summed E-state index contributed by atoms with van der Waals surface area (Å²) < 4.78 is 5.75. The van der Waals surface area contributed by atoms with Gasteiger partial charge in [-0.25, -0.2) is 0 Å². The second kappa shape index (κ2) is 15.2. The summed E-state index contributed by atoms with van der Waals surface area (Å²) in [6, 6.07) is 16.3. The largest absolute Gasteiger partial charge is 0.392 e. The third kappa shape index (κ3) is 9.55. The molecule has 0 aliphatic carbocycles. The van der Waals surface area contributed by atoms with Crippen LogP contribution in [-0.4, -0.2) is 30.0 Å². The van der Waals surface area contributed by atoms with E-state index in [1.165, 1.54) is 24.8 Å². The molecule has 2 aromatic carbocycles. The summed E-state index contributed by atoms with van der Waals surface area (Å²) in [5, 5.41) is 22.4. The Bertz CT molecular complexity index is 638. The van der Waals surface area contributed by atoms with Crippen LogP contribution in [0.2, 0.25) is 0 Å². The number of aliphatic hydroxyl groups is 2. The standard InChI is InChI=1S/C25H37NO3/c27-20-23-14-10-15-24(21-28)25(23)19-26-16-7-1-2-8-17-29-18-9-6-13-22-11-4-3-5-12-22/h3-5,10-12,14-15,26-28H,1-2,6-9,13,16-21H2. The third-order valence-electron chi connectivity index (χ3n) is 5.25. The van der Waals surface area contributed by atoms with Gasteiger partial charge in [0.05, 0.1) is 13.2 Å². The third-order valence-corrected chi connectivity index (χ3v) is 5.25. The minimum absolute atomic E-state index is 0.0110. The maximum atomic E-state index is 9.46. The molecule has 0 atom stereocenters. The van der Waals surface area contributed by atoms with Gasteiger partial charge in [0.2, 0.25) is 0 Å². The van der Waals surface area contributed by atoms with E-state index in [1.54, 1.807) is 0 Å². The molecule has 0 aliphatic rings. The molecule has 0 bridgehead atoms. The van der Waals surface area contributed by atoms with Crippen molar-refractivity contribution >= 4 is 0 Å². The molecule has 0 saturated carbocycles. The Balaban J connectivity index is 1.41. The molecular formula is C25H37NO3. The molecule has 0 unspecified atom stereocenters. The normalized spacial score (nSPS) is 11.1. The molecule has 3 N–H and O–H groups in total. The summed E-state index contributed by atoms with van der Waals surface area (Å²) in [6.45, 7) is 3.40. The minimum Gasteiger partial charge on any atom is -0.392 e. The van der Waals surface area contributed by atoms with E-state index in [0.29, 0.717) is 6.54 Å². The lowest BCUT2D eigenvalue weighted by Gasteiger charge is -2.13. The van der Waals surface area contributed by atoms with E-state index in [2.05, 4.69) is 35.6 Å². The van der Waals surface area contributed by atoms with E-state index in [0.717, 1.165) is 62.1 Å². The van der Waals surface area contributed by atoms with E-state index in [4.69, 9.17) is 4.74 Å². The van der Waals surface area contributed by atoms with Crippen LogP contribution in [0.3, 0.4) is 0 Å². The van der Waals surface area contributed by atoms with Crippen molar-refractivity contribution in [2.45, 2.75) is 64.7 Å². The molecule has 0 fully saturated rings. The first kappa shape index (κ1) is 23.6. The van der Waals surface area contributed by atoms with Gasteiger partial charge in [0.1, 0.15) is 0 Å². The fourth-order valence-corrected chi connectivity index (χ4v) is 3.51.